The van der Waals surface area contributed by atoms with E-state index in [1.54, 1.807) is 48.8 Å². The third kappa shape index (κ3) is 3.42. The van der Waals surface area contributed by atoms with E-state index in [0.29, 0.717) is 34.3 Å². The summed E-state index contributed by atoms with van der Waals surface area (Å²) in [6.45, 7) is 0.329. The van der Waals surface area contributed by atoms with E-state index in [1.807, 2.05) is 6.07 Å². The van der Waals surface area contributed by atoms with Gasteiger partial charge in [0.2, 0.25) is 0 Å². The van der Waals surface area contributed by atoms with Crippen molar-refractivity contribution in [3.63, 3.8) is 0 Å². The van der Waals surface area contributed by atoms with Crippen LogP contribution in [0.15, 0.2) is 71.8 Å². The van der Waals surface area contributed by atoms with Gasteiger partial charge in [0, 0.05) is 30.1 Å². The van der Waals surface area contributed by atoms with Gasteiger partial charge < -0.3 is 5.32 Å². The zero-order valence-corrected chi connectivity index (χ0v) is 16.0. The molecule has 9 heteroatoms. The van der Waals surface area contributed by atoms with Crippen LogP contribution in [0.2, 0.25) is 0 Å². The molecule has 0 radical (unpaired) electrons. The van der Waals surface area contributed by atoms with Gasteiger partial charge in [-0.15, -0.1) is 0 Å². The lowest BCUT2D eigenvalue weighted by Crippen LogP contribution is -2.23. The van der Waals surface area contributed by atoms with E-state index < -0.39 is 5.56 Å². The first-order valence-electron chi connectivity index (χ1n) is 9.44. The first-order chi connectivity index (χ1) is 15.1. The summed E-state index contributed by atoms with van der Waals surface area (Å²) in [5.41, 5.74) is 2.58. The topological polar surface area (TPSA) is 105 Å². The molecule has 0 saturated carbocycles. The van der Waals surface area contributed by atoms with Crippen LogP contribution < -0.4 is 10.9 Å². The second kappa shape index (κ2) is 7.45. The molecule has 0 aliphatic carbocycles. The van der Waals surface area contributed by atoms with Crippen LogP contribution in [0.5, 0.6) is 0 Å². The van der Waals surface area contributed by atoms with Gasteiger partial charge >= 0.3 is 0 Å². The summed E-state index contributed by atoms with van der Waals surface area (Å²) in [5.74, 6) is -0.664. The monoisotopic (exact) mass is 414 g/mol. The maximum atomic E-state index is 13.3. The van der Waals surface area contributed by atoms with Crippen LogP contribution in [0.3, 0.4) is 0 Å². The molecule has 1 amide bonds. The molecule has 0 unspecified atom stereocenters. The standard InChI is InChI=1S/C22H15FN6O2/c23-16-6-3-14(4-7-16)19-20-26-22(31)17-8-5-15(10-18(17)29(20)28-27-19)21(30)25-12-13-2-1-9-24-11-13/h1-11,28H,12H2,(H,25,30). The molecule has 31 heavy (non-hydrogen) atoms. The van der Waals surface area contributed by atoms with Crippen molar-refractivity contribution in [2.24, 2.45) is 0 Å². The molecule has 3 aromatic heterocycles. The summed E-state index contributed by atoms with van der Waals surface area (Å²) in [5, 5.41) is 10.2. The van der Waals surface area contributed by atoms with E-state index in [-0.39, 0.29) is 17.4 Å². The highest BCUT2D eigenvalue weighted by atomic mass is 19.1. The van der Waals surface area contributed by atoms with Crippen molar-refractivity contribution in [3.8, 4) is 11.3 Å². The zero-order valence-electron chi connectivity index (χ0n) is 16.0. The fourth-order valence-electron chi connectivity index (χ4n) is 3.36. The number of fused-ring (bicyclic) bond motifs is 3. The highest BCUT2D eigenvalue weighted by Gasteiger charge is 2.16. The van der Waals surface area contributed by atoms with Crippen LogP contribution >= 0.6 is 0 Å². The zero-order chi connectivity index (χ0) is 21.4. The minimum atomic E-state index is -0.443. The number of rotatable bonds is 4. The average Bonchev–Trinajstić information content (AvgIpc) is 3.22. The van der Waals surface area contributed by atoms with Crippen LogP contribution in [0.25, 0.3) is 27.8 Å². The number of hydrogen-bond acceptors (Lipinski definition) is 5. The Hall–Kier alpha value is -4.40. The van der Waals surface area contributed by atoms with Crippen LogP contribution in [0, 0.1) is 5.82 Å². The maximum absolute atomic E-state index is 13.3. The summed E-state index contributed by atoms with van der Waals surface area (Å²) in [6, 6.07) is 14.1. The smallest absolute Gasteiger partial charge is 0.281 e. The SMILES string of the molecule is O=C(NCc1cccnc1)c1ccc2c(=O)nc3c(-c4ccc(F)cc4)n[nH]n3c2c1. The number of pyridine rings is 1. The third-order valence-electron chi connectivity index (χ3n) is 4.92. The maximum Gasteiger partial charge on any atom is 0.281 e. The fraction of sp³-hybridized carbons (Fsp3) is 0.0455. The van der Waals surface area contributed by atoms with E-state index in [0.717, 1.165) is 5.56 Å². The van der Waals surface area contributed by atoms with E-state index in [4.69, 9.17) is 0 Å². The van der Waals surface area contributed by atoms with Crippen LogP contribution in [0.1, 0.15) is 15.9 Å². The number of aromatic amines is 1. The third-order valence-corrected chi connectivity index (χ3v) is 4.92. The molecule has 3 heterocycles. The fourth-order valence-corrected chi connectivity index (χ4v) is 3.36. The van der Waals surface area contributed by atoms with Gasteiger partial charge in [0.05, 0.1) is 10.9 Å². The lowest BCUT2D eigenvalue weighted by Gasteiger charge is -2.07. The van der Waals surface area contributed by atoms with Gasteiger partial charge in [-0.3, -0.25) is 14.6 Å². The molecular weight excluding hydrogens is 399 g/mol. The van der Waals surface area contributed by atoms with Gasteiger partial charge in [-0.1, -0.05) is 6.07 Å². The molecule has 2 N–H and O–H groups in total. The molecule has 0 bridgehead atoms. The molecule has 5 rings (SSSR count). The Bertz CT molecular complexity index is 1480. The molecule has 8 nitrogen and oxygen atoms in total. The number of H-pyrrole nitrogens is 1. The molecule has 0 fully saturated rings. The van der Waals surface area contributed by atoms with Crippen molar-refractivity contribution in [2.45, 2.75) is 6.54 Å². The van der Waals surface area contributed by atoms with E-state index >= 15 is 0 Å². The van der Waals surface area contributed by atoms with Crippen molar-refractivity contribution in [1.29, 1.82) is 0 Å². The second-order valence-corrected chi connectivity index (χ2v) is 6.92. The van der Waals surface area contributed by atoms with Crippen molar-refractivity contribution in [1.82, 2.24) is 30.1 Å². The van der Waals surface area contributed by atoms with Crippen molar-refractivity contribution in [3.05, 3.63) is 94.3 Å². The quantitative estimate of drug-likeness (QED) is 0.471. The lowest BCUT2D eigenvalue weighted by atomic mass is 10.1. The Balaban J connectivity index is 1.55. The molecule has 0 aliphatic rings. The summed E-state index contributed by atoms with van der Waals surface area (Å²) in [4.78, 5) is 33.4. The van der Waals surface area contributed by atoms with Crippen molar-refractivity contribution >= 4 is 22.5 Å². The summed E-state index contributed by atoms with van der Waals surface area (Å²) in [6.07, 6.45) is 3.34. The Morgan fingerprint density at radius 3 is 2.74 bits per heavy atom. The van der Waals surface area contributed by atoms with Gasteiger partial charge in [0.1, 0.15) is 11.5 Å². The van der Waals surface area contributed by atoms with Crippen LogP contribution in [-0.4, -0.2) is 30.7 Å². The number of halogens is 1. The number of carbonyl (C=O) groups excluding carboxylic acids is 1. The average molecular weight is 414 g/mol. The molecule has 0 aliphatic heterocycles. The Kier molecular flexibility index (Phi) is 4.47. The van der Waals surface area contributed by atoms with Gasteiger partial charge in [0.25, 0.3) is 11.5 Å². The normalized spacial score (nSPS) is 11.1. The van der Waals surface area contributed by atoms with Gasteiger partial charge in [-0.05, 0) is 54.1 Å². The van der Waals surface area contributed by atoms with E-state index in [1.165, 1.54) is 16.6 Å². The second-order valence-electron chi connectivity index (χ2n) is 6.92. The highest BCUT2D eigenvalue weighted by molar-refractivity contribution is 5.98. The number of nitrogens with zero attached hydrogens (tertiary/aromatic N) is 4. The summed E-state index contributed by atoms with van der Waals surface area (Å²) >= 11 is 0. The molecule has 2 aromatic carbocycles. The predicted octanol–water partition coefficient (Wildman–Crippen LogP) is 2.70. The lowest BCUT2D eigenvalue weighted by molar-refractivity contribution is 0.0951. The Morgan fingerprint density at radius 2 is 1.97 bits per heavy atom. The molecule has 0 spiro atoms. The molecule has 0 saturated heterocycles. The van der Waals surface area contributed by atoms with E-state index in [2.05, 4.69) is 25.6 Å². The Morgan fingerprint density at radius 1 is 1.13 bits per heavy atom. The Labute approximate surface area is 174 Å². The van der Waals surface area contributed by atoms with Gasteiger partial charge in [-0.2, -0.15) is 10.1 Å². The predicted molar refractivity (Wildman–Crippen MR) is 112 cm³/mol. The number of benzene rings is 2. The first kappa shape index (κ1) is 18.6. The first-order valence-corrected chi connectivity index (χ1v) is 9.44. The molecular formula is C22H15FN6O2. The van der Waals surface area contributed by atoms with Crippen LogP contribution in [0.4, 0.5) is 4.39 Å². The molecule has 152 valence electrons. The van der Waals surface area contributed by atoms with Gasteiger partial charge in [0.15, 0.2) is 5.65 Å². The number of hydrogen-bond donors (Lipinski definition) is 2. The van der Waals surface area contributed by atoms with Gasteiger partial charge in [-0.25, -0.2) is 14.1 Å². The van der Waals surface area contributed by atoms with Crippen molar-refractivity contribution < 1.29 is 9.18 Å². The minimum absolute atomic E-state index is 0.289. The molecule has 0 atom stereocenters. The highest BCUT2D eigenvalue weighted by Crippen LogP contribution is 2.23. The number of amides is 1. The molecule has 5 aromatic rings. The summed E-state index contributed by atoms with van der Waals surface area (Å²) in [7, 11) is 0. The number of aromatic nitrogens is 5. The summed E-state index contributed by atoms with van der Waals surface area (Å²) < 4.78 is 14.8. The largest absolute Gasteiger partial charge is 0.348 e. The number of nitrogens with one attached hydrogen (secondary N) is 2. The van der Waals surface area contributed by atoms with Crippen LogP contribution in [-0.2, 0) is 6.54 Å². The number of carbonyl (C=O) groups is 1. The van der Waals surface area contributed by atoms with Crippen molar-refractivity contribution in [2.75, 3.05) is 0 Å². The minimum Gasteiger partial charge on any atom is -0.348 e. The van der Waals surface area contributed by atoms with E-state index in [9.17, 15) is 14.0 Å².